The number of rotatable bonds is 6. The number of ether oxygens (including phenoxy) is 1. The third-order valence-electron chi connectivity index (χ3n) is 3.44. The second-order valence-electron chi connectivity index (χ2n) is 4.89. The number of carboxylic acid groups (broad SMARTS) is 1. The molecule has 7 heteroatoms. The largest absolute Gasteiger partial charge is 0.480 e. The van der Waals surface area contributed by atoms with E-state index in [0.29, 0.717) is 4.88 Å². The maximum Gasteiger partial charge on any atom is 0.326 e. The summed E-state index contributed by atoms with van der Waals surface area (Å²) < 4.78 is 4.47. The normalized spacial score (nSPS) is 14.3. The molecular weight excluding hydrogens is 294 g/mol. The second kappa shape index (κ2) is 6.71. The number of hydrogen-bond donors (Lipinski definition) is 2. The number of nitrogens with one attached hydrogen (secondary N) is 1. The van der Waals surface area contributed by atoms with E-state index < -0.39 is 23.9 Å². The first-order chi connectivity index (χ1) is 10.0. The van der Waals surface area contributed by atoms with Gasteiger partial charge >= 0.3 is 11.9 Å². The topological polar surface area (TPSA) is 92.7 Å². The molecule has 0 spiro atoms. The van der Waals surface area contributed by atoms with Crippen molar-refractivity contribution in [1.82, 2.24) is 5.32 Å². The zero-order valence-corrected chi connectivity index (χ0v) is 12.5. The van der Waals surface area contributed by atoms with Gasteiger partial charge in [0, 0.05) is 11.3 Å². The number of hydrogen-bond acceptors (Lipinski definition) is 5. The van der Waals surface area contributed by atoms with E-state index in [1.54, 1.807) is 0 Å². The standard InChI is InChI=1S/C14H17NO5S/c1-20-12(16)6-5-9(14(18)19)15-13(17)11-7-8-3-2-4-10(8)21-11/h7,9H,2-6H2,1H3,(H,15,17)(H,18,19)/t9-/m0/s1. The highest BCUT2D eigenvalue weighted by Crippen LogP contribution is 2.30. The molecular formula is C14H17NO5S. The maximum absolute atomic E-state index is 12.1. The number of methoxy groups -OCH3 is 1. The third-order valence-corrected chi connectivity index (χ3v) is 4.67. The molecule has 21 heavy (non-hydrogen) atoms. The molecule has 0 fully saturated rings. The Kier molecular flexibility index (Phi) is 4.95. The van der Waals surface area contributed by atoms with E-state index in [0.717, 1.165) is 19.3 Å². The van der Waals surface area contributed by atoms with E-state index in [1.807, 2.05) is 6.07 Å². The van der Waals surface area contributed by atoms with Crippen molar-refractivity contribution in [3.05, 3.63) is 21.4 Å². The summed E-state index contributed by atoms with van der Waals surface area (Å²) in [5.41, 5.74) is 1.19. The highest BCUT2D eigenvalue weighted by atomic mass is 32.1. The molecule has 1 amide bonds. The van der Waals surface area contributed by atoms with Gasteiger partial charge in [0.25, 0.3) is 5.91 Å². The first-order valence-electron chi connectivity index (χ1n) is 6.73. The van der Waals surface area contributed by atoms with Crippen LogP contribution < -0.4 is 5.32 Å². The molecule has 2 rings (SSSR count). The van der Waals surface area contributed by atoms with Crippen molar-refractivity contribution in [2.24, 2.45) is 0 Å². The zero-order valence-electron chi connectivity index (χ0n) is 11.7. The number of fused-ring (bicyclic) bond motifs is 1. The molecule has 0 unspecified atom stereocenters. The van der Waals surface area contributed by atoms with Gasteiger partial charge in [0.15, 0.2) is 0 Å². The molecule has 1 aliphatic carbocycles. The lowest BCUT2D eigenvalue weighted by Crippen LogP contribution is -2.40. The SMILES string of the molecule is COC(=O)CC[C@H](NC(=O)c1cc2c(s1)CCC2)C(=O)O. The van der Waals surface area contributed by atoms with Gasteiger partial charge in [-0.15, -0.1) is 11.3 Å². The predicted molar refractivity (Wildman–Crippen MR) is 76.5 cm³/mol. The monoisotopic (exact) mass is 311 g/mol. The number of esters is 1. The zero-order chi connectivity index (χ0) is 15.4. The molecule has 1 heterocycles. The molecule has 1 aromatic rings. The van der Waals surface area contributed by atoms with Crippen LogP contribution in [0.15, 0.2) is 6.07 Å². The molecule has 1 atom stereocenters. The Morgan fingerprint density at radius 3 is 2.81 bits per heavy atom. The van der Waals surface area contributed by atoms with Crippen molar-refractivity contribution in [2.75, 3.05) is 7.11 Å². The lowest BCUT2D eigenvalue weighted by Gasteiger charge is -2.13. The Bertz CT molecular complexity index is 544. The first kappa shape index (κ1) is 15.5. The van der Waals surface area contributed by atoms with Crippen molar-refractivity contribution in [1.29, 1.82) is 0 Å². The smallest absolute Gasteiger partial charge is 0.326 e. The fourth-order valence-corrected chi connectivity index (χ4v) is 3.45. The molecule has 0 saturated heterocycles. The summed E-state index contributed by atoms with van der Waals surface area (Å²) in [7, 11) is 1.24. The van der Waals surface area contributed by atoms with Gasteiger partial charge in [0.2, 0.25) is 0 Å². The Hall–Kier alpha value is -1.89. The Balaban J connectivity index is 1.97. The molecule has 0 aliphatic heterocycles. The summed E-state index contributed by atoms with van der Waals surface area (Å²) in [6.45, 7) is 0. The molecule has 1 aromatic heterocycles. The van der Waals surface area contributed by atoms with Crippen LogP contribution in [0.3, 0.4) is 0 Å². The van der Waals surface area contributed by atoms with Gasteiger partial charge < -0.3 is 15.2 Å². The minimum atomic E-state index is -1.16. The van der Waals surface area contributed by atoms with Crippen LogP contribution in [0, 0.1) is 0 Å². The minimum Gasteiger partial charge on any atom is -0.480 e. The van der Waals surface area contributed by atoms with Gasteiger partial charge in [0.05, 0.1) is 12.0 Å². The fourth-order valence-electron chi connectivity index (χ4n) is 2.29. The van der Waals surface area contributed by atoms with Gasteiger partial charge in [-0.1, -0.05) is 0 Å². The average Bonchev–Trinajstić information content (AvgIpc) is 3.03. The van der Waals surface area contributed by atoms with Gasteiger partial charge in [0.1, 0.15) is 6.04 Å². The Labute approximate surface area is 126 Å². The minimum absolute atomic E-state index is 0.0127. The number of thiophene rings is 1. The van der Waals surface area contributed by atoms with Crippen LogP contribution in [-0.2, 0) is 27.2 Å². The summed E-state index contributed by atoms with van der Waals surface area (Å²) in [5, 5.41) is 11.6. The number of aryl methyl sites for hydroxylation is 2. The highest BCUT2D eigenvalue weighted by molar-refractivity contribution is 7.14. The number of carboxylic acids is 1. The van der Waals surface area contributed by atoms with E-state index in [-0.39, 0.29) is 12.8 Å². The predicted octanol–water partition coefficient (Wildman–Crippen LogP) is 1.37. The van der Waals surface area contributed by atoms with E-state index in [4.69, 9.17) is 5.11 Å². The lowest BCUT2D eigenvalue weighted by atomic mass is 10.1. The molecule has 0 radical (unpaired) electrons. The highest BCUT2D eigenvalue weighted by Gasteiger charge is 2.24. The van der Waals surface area contributed by atoms with Crippen LogP contribution in [0.5, 0.6) is 0 Å². The summed E-state index contributed by atoms with van der Waals surface area (Å²) in [6.07, 6.45) is 3.04. The van der Waals surface area contributed by atoms with Crippen molar-refractivity contribution in [3.8, 4) is 0 Å². The number of carbonyl (C=O) groups is 3. The fraction of sp³-hybridized carbons (Fsp3) is 0.500. The van der Waals surface area contributed by atoms with Crippen LogP contribution >= 0.6 is 11.3 Å². The van der Waals surface area contributed by atoms with Gasteiger partial charge in [-0.25, -0.2) is 4.79 Å². The number of carbonyl (C=O) groups excluding carboxylic acids is 2. The second-order valence-corrected chi connectivity index (χ2v) is 6.03. The van der Waals surface area contributed by atoms with Crippen LogP contribution in [0.2, 0.25) is 0 Å². The lowest BCUT2D eigenvalue weighted by molar-refractivity contribution is -0.142. The third kappa shape index (κ3) is 3.81. The quantitative estimate of drug-likeness (QED) is 0.774. The van der Waals surface area contributed by atoms with Crippen molar-refractivity contribution in [3.63, 3.8) is 0 Å². The Morgan fingerprint density at radius 2 is 2.19 bits per heavy atom. The molecule has 2 N–H and O–H groups in total. The molecule has 6 nitrogen and oxygen atoms in total. The van der Waals surface area contributed by atoms with Crippen LogP contribution in [0.25, 0.3) is 0 Å². The summed E-state index contributed by atoms with van der Waals surface area (Å²) in [6, 6.07) is 0.746. The number of amides is 1. The molecule has 0 saturated carbocycles. The van der Waals surface area contributed by atoms with E-state index >= 15 is 0 Å². The van der Waals surface area contributed by atoms with Gasteiger partial charge in [-0.2, -0.15) is 0 Å². The van der Waals surface area contributed by atoms with Crippen molar-refractivity contribution >= 4 is 29.2 Å². The maximum atomic E-state index is 12.1. The summed E-state index contributed by atoms with van der Waals surface area (Å²) in [4.78, 5) is 36.0. The van der Waals surface area contributed by atoms with E-state index in [9.17, 15) is 14.4 Å². The van der Waals surface area contributed by atoms with Crippen LogP contribution in [-0.4, -0.2) is 36.1 Å². The van der Waals surface area contributed by atoms with Crippen LogP contribution in [0.4, 0.5) is 0 Å². The van der Waals surface area contributed by atoms with Crippen molar-refractivity contribution in [2.45, 2.75) is 38.1 Å². The summed E-state index contributed by atoms with van der Waals surface area (Å²) in [5.74, 6) is -2.05. The Morgan fingerprint density at radius 1 is 1.43 bits per heavy atom. The van der Waals surface area contributed by atoms with Crippen LogP contribution in [0.1, 0.15) is 39.4 Å². The van der Waals surface area contributed by atoms with E-state index in [1.165, 1.54) is 28.9 Å². The van der Waals surface area contributed by atoms with E-state index in [2.05, 4.69) is 10.1 Å². The molecule has 114 valence electrons. The average molecular weight is 311 g/mol. The number of aliphatic carboxylic acids is 1. The van der Waals surface area contributed by atoms with Gasteiger partial charge in [-0.3, -0.25) is 9.59 Å². The molecule has 0 bridgehead atoms. The van der Waals surface area contributed by atoms with Gasteiger partial charge in [-0.05, 0) is 37.3 Å². The first-order valence-corrected chi connectivity index (χ1v) is 7.55. The molecule has 1 aliphatic rings. The van der Waals surface area contributed by atoms with Crippen molar-refractivity contribution < 1.29 is 24.2 Å². The molecule has 0 aromatic carbocycles. The summed E-state index contributed by atoms with van der Waals surface area (Å²) >= 11 is 1.42.